The molecule has 2 aromatic rings. The highest BCUT2D eigenvalue weighted by molar-refractivity contribution is 8.15. The van der Waals surface area contributed by atoms with Crippen molar-refractivity contribution in [2.75, 3.05) is 5.75 Å². The smallest absolute Gasteiger partial charge is 0.00957 e. The molecule has 1 unspecified atom stereocenters. The Hall–Kier alpha value is -1.34. The van der Waals surface area contributed by atoms with E-state index in [0.717, 1.165) is 0 Å². The molecule has 0 bridgehead atoms. The monoisotopic (exact) mass is 240 g/mol. The molecule has 0 nitrogen and oxygen atoms in total. The molecule has 0 radical (unpaired) electrons. The van der Waals surface area contributed by atoms with Crippen LogP contribution in [0.4, 0.5) is 0 Å². The van der Waals surface area contributed by atoms with Gasteiger partial charge in [-0.25, -0.2) is 0 Å². The number of allylic oxidation sites excluding steroid dienone is 1. The van der Waals surface area contributed by atoms with Crippen molar-refractivity contribution in [1.29, 1.82) is 0 Å². The Morgan fingerprint density at radius 1 is 1.06 bits per heavy atom. The van der Waals surface area contributed by atoms with Crippen molar-refractivity contribution in [3.8, 4) is 0 Å². The highest BCUT2D eigenvalue weighted by Gasteiger charge is 2.08. The van der Waals surface area contributed by atoms with Crippen LogP contribution in [0.2, 0.25) is 0 Å². The van der Waals surface area contributed by atoms with Crippen LogP contribution in [0.25, 0.3) is 16.8 Å². The average molecular weight is 240 g/mol. The highest BCUT2D eigenvalue weighted by atomic mass is 32.2. The van der Waals surface area contributed by atoms with Crippen LogP contribution in [0.3, 0.4) is 0 Å². The van der Waals surface area contributed by atoms with Crippen LogP contribution in [0.5, 0.6) is 0 Å². The van der Waals surface area contributed by atoms with Gasteiger partial charge in [0.15, 0.2) is 0 Å². The number of benzene rings is 2. The summed E-state index contributed by atoms with van der Waals surface area (Å²) in [4.78, 5) is 1.52. The third-order valence-electron chi connectivity index (χ3n) is 3.10. The van der Waals surface area contributed by atoms with Crippen LogP contribution < -0.4 is 0 Å². The van der Waals surface area contributed by atoms with Gasteiger partial charge in [-0.15, -0.1) is 0 Å². The molecule has 0 aliphatic carbocycles. The summed E-state index contributed by atoms with van der Waals surface area (Å²) in [7, 11) is 0.313. The van der Waals surface area contributed by atoms with Gasteiger partial charge in [-0.1, -0.05) is 43.3 Å². The fourth-order valence-corrected chi connectivity index (χ4v) is 4.22. The van der Waals surface area contributed by atoms with Gasteiger partial charge in [-0.2, -0.15) is 10.5 Å². The molecule has 3 rings (SSSR count). The summed E-state index contributed by atoms with van der Waals surface area (Å²) in [5, 5.41) is 5.07. The van der Waals surface area contributed by atoms with Gasteiger partial charge in [0.05, 0.1) is 0 Å². The van der Waals surface area contributed by atoms with E-state index in [2.05, 4.69) is 60.8 Å². The molecule has 17 heavy (non-hydrogen) atoms. The third-order valence-corrected chi connectivity index (χ3v) is 5.36. The number of rotatable bonds is 2. The van der Waals surface area contributed by atoms with Gasteiger partial charge >= 0.3 is 0 Å². The Kier molecular flexibility index (Phi) is 2.86. The summed E-state index contributed by atoms with van der Waals surface area (Å²) in [6.07, 6.45) is 5.70. The molecule has 0 N–H and O–H groups in total. The van der Waals surface area contributed by atoms with Gasteiger partial charge in [0, 0.05) is 4.90 Å². The zero-order chi connectivity index (χ0) is 11.7. The van der Waals surface area contributed by atoms with Crippen LogP contribution in [0.1, 0.15) is 18.9 Å². The molecule has 1 aliphatic heterocycles. The van der Waals surface area contributed by atoms with E-state index >= 15 is 0 Å². The number of hydrogen-bond acceptors (Lipinski definition) is 0. The summed E-state index contributed by atoms with van der Waals surface area (Å²) in [5.41, 5.74) is 1.41. The van der Waals surface area contributed by atoms with E-state index in [1.807, 2.05) is 0 Å². The van der Waals surface area contributed by atoms with Crippen molar-refractivity contribution in [3.05, 3.63) is 48.0 Å². The molecule has 0 spiro atoms. The molecule has 0 aromatic heterocycles. The van der Waals surface area contributed by atoms with Crippen molar-refractivity contribution >= 4 is 32.7 Å². The van der Waals surface area contributed by atoms with Gasteiger partial charge in [0.2, 0.25) is 0 Å². The lowest BCUT2D eigenvalue weighted by Crippen LogP contribution is -1.92. The normalized spacial score (nSPS) is 17.8. The van der Waals surface area contributed by atoms with E-state index in [4.69, 9.17) is 0 Å². The minimum absolute atomic E-state index is 0.313. The molecule has 1 heterocycles. The molecule has 1 heteroatoms. The number of fused-ring (bicyclic) bond motifs is 2. The SMILES string of the molecule is CCCS1=CC=Cc2cc3ccccc3cc21. The first-order valence-electron chi connectivity index (χ1n) is 6.12. The second-order valence-corrected chi connectivity index (χ2v) is 6.34. The van der Waals surface area contributed by atoms with Crippen LogP contribution in [-0.4, -0.2) is 11.1 Å². The second kappa shape index (κ2) is 4.50. The van der Waals surface area contributed by atoms with E-state index < -0.39 is 0 Å². The second-order valence-electron chi connectivity index (χ2n) is 4.37. The van der Waals surface area contributed by atoms with Crippen LogP contribution in [0, 0.1) is 0 Å². The van der Waals surface area contributed by atoms with Crippen LogP contribution >= 0.6 is 10.5 Å². The lowest BCUT2D eigenvalue weighted by Gasteiger charge is -2.16. The topological polar surface area (TPSA) is 0 Å². The maximum atomic E-state index is 2.38. The van der Waals surface area contributed by atoms with Crippen LogP contribution in [-0.2, 0) is 0 Å². The Balaban J connectivity index is 2.21. The molecule has 1 atom stereocenters. The standard InChI is InChI=1S/C16H16S/c1-2-9-17-10-5-8-15-11-13-6-3-4-7-14(13)12-16(15)17/h3-8,10-12H,2,9H2,1H3. The fraction of sp³-hybridized carbons (Fsp3) is 0.188. The molecular weight excluding hydrogens is 224 g/mol. The minimum atomic E-state index is 0.313. The van der Waals surface area contributed by atoms with Gasteiger partial charge in [0.25, 0.3) is 0 Å². The average Bonchev–Trinajstić information content (AvgIpc) is 2.37. The molecule has 0 fully saturated rings. The van der Waals surface area contributed by atoms with Crippen LogP contribution in [0.15, 0.2) is 47.4 Å². The molecule has 0 saturated carbocycles. The van der Waals surface area contributed by atoms with Gasteiger partial charge in [-0.3, -0.25) is 0 Å². The van der Waals surface area contributed by atoms with E-state index in [9.17, 15) is 0 Å². The van der Waals surface area contributed by atoms with Crippen molar-refractivity contribution in [2.45, 2.75) is 18.2 Å². The molecular formula is C16H16S. The maximum Gasteiger partial charge on any atom is 0.00957 e. The van der Waals surface area contributed by atoms with Crippen molar-refractivity contribution in [3.63, 3.8) is 0 Å². The predicted molar refractivity (Wildman–Crippen MR) is 80.1 cm³/mol. The highest BCUT2D eigenvalue weighted by Crippen LogP contribution is 2.36. The Morgan fingerprint density at radius 2 is 1.82 bits per heavy atom. The summed E-state index contributed by atoms with van der Waals surface area (Å²) >= 11 is 0. The molecule has 1 aliphatic rings. The summed E-state index contributed by atoms with van der Waals surface area (Å²) in [6, 6.07) is 13.3. The first-order valence-corrected chi connectivity index (χ1v) is 7.58. The lowest BCUT2D eigenvalue weighted by atomic mass is 10.1. The molecule has 86 valence electrons. The predicted octanol–water partition coefficient (Wildman–Crippen LogP) is 4.71. The lowest BCUT2D eigenvalue weighted by molar-refractivity contribution is 1.10. The maximum absolute atomic E-state index is 2.38. The van der Waals surface area contributed by atoms with Crippen molar-refractivity contribution in [1.82, 2.24) is 0 Å². The minimum Gasteiger partial charge on any atom is -0.154 e. The molecule has 2 aromatic carbocycles. The largest absolute Gasteiger partial charge is 0.154 e. The first-order chi connectivity index (χ1) is 8.38. The van der Waals surface area contributed by atoms with Crippen molar-refractivity contribution < 1.29 is 0 Å². The van der Waals surface area contributed by atoms with Gasteiger partial charge in [0.1, 0.15) is 0 Å². The zero-order valence-electron chi connectivity index (χ0n) is 10.0. The van der Waals surface area contributed by atoms with E-state index in [1.165, 1.54) is 33.4 Å². The van der Waals surface area contributed by atoms with E-state index in [0.29, 0.717) is 10.5 Å². The van der Waals surface area contributed by atoms with Crippen molar-refractivity contribution in [2.24, 2.45) is 0 Å². The zero-order valence-corrected chi connectivity index (χ0v) is 10.8. The number of hydrogen-bond donors (Lipinski definition) is 0. The Labute approximate surface area is 105 Å². The third kappa shape index (κ3) is 1.96. The Morgan fingerprint density at radius 3 is 2.59 bits per heavy atom. The van der Waals surface area contributed by atoms with E-state index in [1.54, 1.807) is 0 Å². The fourth-order valence-electron chi connectivity index (χ4n) is 2.30. The van der Waals surface area contributed by atoms with Gasteiger partial charge < -0.3 is 0 Å². The first kappa shape index (κ1) is 10.8. The quantitative estimate of drug-likeness (QED) is 0.667. The summed E-state index contributed by atoms with van der Waals surface area (Å²) in [6.45, 7) is 2.26. The molecule has 0 saturated heterocycles. The Bertz CT molecular complexity index is 620. The summed E-state index contributed by atoms with van der Waals surface area (Å²) in [5.74, 6) is 1.27. The molecule has 0 amide bonds. The van der Waals surface area contributed by atoms with Gasteiger partial charge in [-0.05, 0) is 46.0 Å². The van der Waals surface area contributed by atoms with E-state index in [-0.39, 0.29) is 0 Å². The summed E-state index contributed by atoms with van der Waals surface area (Å²) < 4.78 is 0.